The maximum Gasteiger partial charge on any atom is 0.130 e. The Bertz CT molecular complexity index is 290. The van der Waals surface area contributed by atoms with Crippen LogP contribution in [0.2, 0.25) is 0 Å². The molecule has 0 amide bonds. The van der Waals surface area contributed by atoms with Crippen molar-refractivity contribution < 1.29 is 4.74 Å². The molecule has 15 heavy (non-hydrogen) atoms. The van der Waals surface area contributed by atoms with Gasteiger partial charge in [0.05, 0.1) is 19.3 Å². The summed E-state index contributed by atoms with van der Waals surface area (Å²) in [5.41, 5.74) is 0.996. The lowest BCUT2D eigenvalue weighted by atomic mass is 10.2. The van der Waals surface area contributed by atoms with E-state index in [0.717, 1.165) is 30.5 Å². The Balaban J connectivity index is 0.000000531. The van der Waals surface area contributed by atoms with E-state index in [1.54, 1.807) is 0 Å². The van der Waals surface area contributed by atoms with Gasteiger partial charge >= 0.3 is 0 Å². The van der Waals surface area contributed by atoms with E-state index in [1.165, 1.54) is 0 Å². The number of hydrogen-bond donors (Lipinski definition) is 1. The van der Waals surface area contributed by atoms with Crippen molar-refractivity contribution in [2.45, 2.75) is 33.7 Å². The monoisotopic (exact) mass is 209 g/mol. The number of hydrogen-bond acceptors (Lipinski definition) is 4. The highest BCUT2D eigenvalue weighted by atomic mass is 16.5. The average Bonchev–Trinajstić information content (AvgIpc) is 2.13. The Morgan fingerprint density at radius 1 is 1.27 bits per heavy atom. The number of anilines is 1. The fourth-order valence-electron chi connectivity index (χ4n) is 1.32. The van der Waals surface area contributed by atoms with Gasteiger partial charge in [0.2, 0.25) is 0 Å². The first-order valence-electron chi connectivity index (χ1n) is 5.40. The van der Waals surface area contributed by atoms with Crippen molar-refractivity contribution in [1.82, 2.24) is 9.97 Å². The third-order valence-electron chi connectivity index (χ3n) is 1.96. The fraction of sp³-hybridized carbons (Fsp3) is 0.636. The van der Waals surface area contributed by atoms with E-state index < -0.39 is 0 Å². The first-order valence-corrected chi connectivity index (χ1v) is 5.40. The molecule has 0 saturated carbocycles. The van der Waals surface area contributed by atoms with Gasteiger partial charge in [-0.2, -0.15) is 0 Å². The Hall–Kier alpha value is -1.16. The molecule has 84 valence electrons. The number of aromatic nitrogens is 2. The molecule has 0 radical (unpaired) electrons. The van der Waals surface area contributed by atoms with Gasteiger partial charge in [-0.3, -0.25) is 0 Å². The molecule has 2 heterocycles. The lowest BCUT2D eigenvalue weighted by Crippen LogP contribution is -2.40. The third kappa shape index (κ3) is 3.47. The Morgan fingerprint density at radius 2 is 1.93 bits per heavy atom. The molecule has 1 N–H and O–H groups in total. The number of rotatable bonds is 2. The molecule has 0 unspecified atom stereocenters. The third-order valence-corrected chi connectivity index (χ3v) is 1.96. The van der Waals surface area contributed by atoms with E-state index in [1.807, 2.05) is 33.8 Å². The predicted octanol–water partition coefficient (Wildman–Crippen LogP) is 1.93. The molecule has 0 atom stereocenters. The summed E-state index contributed by atoms with van der Waals surface area (Å²) >= 11 is 0. The standard InChI is InChI=1S/C9H13N3O.C2H6/c1-6-3-9(11-7(2)10-6)12-8-4-13-5-8;1-2/h3,8H,4-5H2,1-2H3,(H,10,11,12);1-2H3. The molecular weight excluding hydrogens is 190 g/mol. The van der Waals surface area contributed by atoms with E-state index in [4.69, 9.17) is 4.74 Å². The Kier molecular flexibility index (Phi) is 4.49. The van der Waals surface area contributed by atoms with Gasteiger partial charge in [-0.05, 0) is 13.8 Å². The first-order chi connectivity index (χ1) is 7.24. The molecule has 1 fully saturated rings. The van der Waals surface area contributed by atoms with Gasteiger partial charge < -0.3 is 10.1 Å². The van der Waals surface area contributed by atoms with Crippen LogP contribution in [-0.2, 0) is 4.74 Å². The van der Waals surface area contributed by atoms with Crippen molar-refractivity contribution in [3.63, 3.8) is 0 Å². The maximum atomic E-state index is 5.06. The summed E-state index contributed by atoms with van der Waals surface area (Å²) < 4.78 is 5.06. The van der Waals surface area contributed by atoms with Gasteiger partial charge in [-0.25, -0.2) is 9.97 Å². The quantitative estimate of drug-likeness (QED) is 0.808. The minimum Gasteiger partial charge on any atom is -0.377 e. The molecule has 1 saturated heterocycles. The summed E-state index contributed by atoms with van der Waals surface area (Å²) in [4.78, 5) is 8.48. The molecule has 0 aromatic carbocycles. The zero-order valence-electron chi connectivity index (χ0n) is 9.87. The number of ether oxygens (including phenoxy) is 1. The van der Waals surface area contributed by atoms with E-state index in [-0.39, 0.29) is 0 Å². The molecule has 1 aromatic rings. The molecule has 0 aliphatic carbocycles. The summed E-state index contributed by atoms with van der Waals surface area (Å²) in [5.74, 6) is 1.71. The van der Waals surface area contributed by atoms with Crippen LogP contribution in [0.5, 0.6) is 0 Å². The van der Waals surface area contributed by atoms with Crippen LogP contribution >= 0.6 is 0 Å². The van der Waals surface area contributed by atoms with E-state index >= 15 is 0 Å². The van der Waals surface area contributed by atoms with Gasteiger partial charge in [0.15, 0.2) is 0 Å². The predicted molar refractivity (Wildman–Crippen MR) is 61.1 cm³/mol. The lowest BCUT2D eigenvalue weighted by molar-refractivity contribution is 0.0209. The van der Waals surface area contributed by atoms with Crippen molar-refractivity contribution >= 4 is 5.82 Å². The highest BCUT2D eigenvalue weighted by Gasteiger charge is 2.18. The van der Waals surface area contributed by atoms with Crippen molar-refractivity contribution in [2.24, 2.45) is 0 Å². The normalized spacial score (nSPS) is 14.9. The van der Waals surface area contributed by atoms with Crippen molar-refractivity contribution in [2.75, 3.05) is 18.5 Å². The molecule has 4 heteroatoms. The zero-order chi connectivity index (χ0) is 11.3. The van der Waals surface area contributed by atoms with Crippen LogP contribution in [0, 0.1) is 13.8 Å². The van der Waals surface area contributed by atoms with Crippen molar-refractivity contribution in [3.05, 3.63) is 17.6 Å². The zero-order valence-corrected chi connectivity index (χ0v) is 9.87. The number of aryl methyl sites for hydroxylation is 2. The highest BCUT2D eigenvalue weighted by molar-refractivity contribution is 5.37. The second-order valence-corrected chi connectivity index (χ2v) is 3.32. The molecule has 2 rings (SSSR count). The van der Waals surface area contributed by atoms with E-state index in [2.05, 4.69) is 15.3 Å². The summed E-state index contributed by atoms with van der Waals surface area (Å²) in [6.45, 7) is 9.43. The van der Waals surface area contributed by atoms with Crippen LogP contribution in [0.3, 0.4) is 0 Å². The van der Waals surface area contributed by atoms with Gasteiger partial charge in [0.1, 0.15) is 11.6 Å². The fourth-order valence-corrected chi connectivity index (χ4v) is 1.32. The van der Waals surface area contributed by atoms with Crippen LogP contribution in [0.1, 0.15) is 25.4 Å². The minimum atomic E-state index is 0.425. The second kappa shape index (κ2) is 5.66. The molecular formula is C11H19N3O. The van der Waals surface area contributed by atoms with Gasteiger partial charge in [-0.1, -0.05) is 13.8 Å². The SMILES string of the molecule is CC.Cc1cc(NC2COC2)nc(C)n1. The minimum absolute atomic E-state index is 0.425. The van der Waals surface area contributed by atoms with Gasteiger partial charge in [0.25, 0.3) is 0 Å². The Labute approximate surface area is 91.1 Å². The van der Waals surface area contributed by atoms with E-state index in [9.17, 15) is 0 Å². The summed E-state index contributed by atoms with van der Waals surface area (Å²) in [6.07, 6.45) is 0. The van der Waals surface area contributed by atoms with Crippen LogP contribution < -0.4 is 5.32 Å². The highest BCUT2D eigenvalue weighted by Crippen LogP contribution is 2.11. The van der Waals surface area contributed by atoms with Gasteiger partial charge in [-0.15, -0.1) is 0 Å². The second-order valence-electron chi connectivity index (χ2n) is 3.32. The van der Waals surface area contributed by atoms with Crippen molar-refractivity contribution in [3.8, 4) is 0 Å². The molecule has 1 aliphatic heterocycles. The molecule has 0 bridgehead atoms. The number of nitrogens with zero attached hydrogens (tertiary/aromatic N) is 2. The maximum absolute atomic E-state index is 5.06. The summed E-state index contributed by atoms with van der Waals surface area (Å²) in [7, 11) is 0. The van der Waals surface area contributed by atoms with Crippen molar-refractivity contribution in [1.29, 1.82) is 0 Å². The molecule has 0 spiro atoms. The molecule has 4 nitrogen and oxygen atoms in total. The van der Waals surface area contributed by atoms with Crippen LogP contribution in [0.25, 0.3) is 0 Å². The molecule has 1 aromatic heterocycles. The Morgan fingerprint density at radius 3 is 2.40 bits per heavy atom. The van der Waals surface area contributed by atoms with Crippen LogP contribution in [0.4, 0.5) is 5.82 Å². The van der Waals surface area contributed by atoms with Gasteiger partial charge in [0, 0.05) is 11.8 Å². The van der Waals surface area contributed by atoms with Crippen LogP contribution in [-0.4, -0.2) is 29.2 Å². The first kappa shape index (κ1) is 11.9. The van der Waals surface area contributed by atoms with E-state index in [0.29, 0.717) is 6.04 Å². The average molecular weight is 209 g/mol. The number of nitrogens with one attached hydrogen (secondary N) is 1. The molecule has 1 aliphatic rings. The largest absolute Gasteiger partial charge is 0.377 e. The van der Waals surface area contributed by atoms with Crippen LogP contribution in [0.15, 0.2) is 6.07 Å². The topological polar surface area (TPSA) is 47.0 Å². The summed E-state index contributed by atoms with van der Waals surface area (Å²) in [5, 5.41) is 3.28. The lowest BCUT2D eigenvalue weighted by Gasteiger charge is -2.27. The summed E-state index contributed by atoms with van der Waals surface area (Å²) in [6, 6.07) is 2.37. The smallest absolute Gasteiger partial charge is 0.130 e.